The second kappa shape index (κ2) is 23.5. The van der Waals surface area contributed by atoms with Gasteiger partial charge in [0.1, 0.15) is 6.61 Å². The minimum atomic E-state index is -2.75. The molecular weight excluding hydrogens is 540 g/mol. The van der Waals surface area contributed by atoms with Gasteiger partial charge in [-0.05, 0) is 18.4 Å². The van der Waals surface area contributed by atoms with E-state index in [1.54, 1.807) is 47.6 Å². The largest absolute Gasteiger partial charge is 0.500 e. The monoisotopic (exact) mass is 586 g/mol. The molecule has 38 heavy (non-hydrogen) atoms. The van der Waals surface area contributed by atoms with Gasteiger partial charge in [-0.2, -0.15) is 0 Å². The van der Waals surface area contributed by atoms with Crippen molar-refractivity contribution < 1.29 is 50.3 Å². The second-order valence-corrected chi connectivity index (χ2v) is 13.9. The van der Waals surface area contributed by atoms with Crippen LogP contribution in [0.2, 0.25) is 12.1 Å². The molecule has 0 aliphatic carbocycles. The number of rotatable bonds is 26. The SMILES string of the molecule is CO[Si](CCCN(CCC[Si](OC)(OC)OC)C(=O)OCCOCCOCCOCCN=[N+]=[N-])(OC)OC. The van der Waals surface area contributed by atoms with E-state index >= 15 is 0 Å². The van der Waals surface area contributed by atoms with E-state index in [9.17, 15) is 4.79 Å². The van der Waals surface area contributed by atoms with Crippen LogP contribution in [0.3, 0.4) is 0 Å². The lowest BCUT2D eigenvalue weighted by molar-refractivity contribution is 0.00393. The third kappa shape index (κ3) is 15.9. The third-order valence-corrected chi connectivity index (χ3v) is 11.2. The molecule has 0 fully saturated rings. The smallest absolute Gasteiger partial charge is 0.447 e. The summed E-state index contributed by atoms with van der Waals surface area (Å²) >= 11 is 0. The highest BCUT2D eigenvalue weighted by Gasteiger charge is 2.38. The molecule has 0 N–H and O–H groups in total. The van der Waals surface area contributed by atoms with Crippen molar-refractivity contribution in [3.63, 3.8) is 0 Å². The Morgan fingerprint density at radius 3 is 1.47 bits per heavy atom. The van der Waals surface area contributed by atoms with Gasteiger partial charge in [-0.15, -0.1) is 0 Å². The second-order valence-electron chi connectivity index (χ2n) is 7.69. The van der Waals surface area contributed by atoms with E-state index in [0.29, 0.717) is 77.6 Å². The molecule has 0 spiro atoms. The lowest BCUT2D eigenvalue weighted by Gasteiger charge is -2.28. The highest BCUT2D eigenvalue weighted by atomic mass is 28.4. The highest BCUT2D eigenvalue weighted by molar-refractivity contribution is 6.60. The van der Waals surface area contributed by atoms with Crippen LogP contribution in [-0.4, -0.2) is 137 Å². The summed E-state index contributed by atoms with van der Waals surface area (Å²) in [4.78, 5) is 17.1. The molecule has 0 bridgehead atoms. The lowest BCUT2D eigenvalue weighted by Crippen LogP contribution is -2.45. The van der Waals surface area contributed by atoms with E-state index in [-0.39, 0.29) is 13.2 Å². The Labute approximate surface area is 228 Å². The standard InChI is InChI=1S/C21H46N4O11Si2/c1-27-37(28-2,29-3)19-7-10-25(11-8-20-38(30-4,31-5)32-6)21(26)36-18-17-35-16-15-34-14-13-33-12-9-23-24-22/h7-20H2,1-6H3. The average molecular weight is 587 g/mol. The van der Waals surface area contributed by atoms with E-state index < -0.39 is 23.7 Å². The number of azide groups is 1. The maximum Gasteiger partial charge on any atom is 0.500 e. The summed E-state index contributed by atoms with van der Waals surface area (Å²) < 4.78 is 54.3. The van der Waals surface area contributed by atoms with Gasteiger partial charge in [0.15, 0.2) is 0 Å². The Morgan fingerprint density at radius 1 is 0.684 bits per heavy atom. The maximum absolute atomic E-state index is 12.8. The number of ether oxygens (including phenoxy) is 4. The summed E-state index contributed by atoms with van der Waals surface area (Å²) in [6.45, 7) is 3.42. The number of hydrogen-bond donors (Lipinski definition) is 0. The van der Waals surface area contributed by atoms with Crippen LogP contribution in [0.25, 0.3) is 10.4 Å². The van der Waals surface area contributed by atoms with Gasteiger partial charge in [-0.1, -0.05) is 5.11 Å². The minimum Gasteiger partial charge on any atom is -0.447 e. The Morgan fingerprint density at radius 2 is 1.08 bits per heavy atom. The first-order chi connectivity index (χ1) is 18.4. The maximum atomic E-state index is 12.8. The molecule has 17 heteroatoms. The van der Waals surface area contributed by atoms with E-state index in [2.05, 4.69) is 10.0 Å². The first kappa shape index (κ1) is 36.7. The molecule has 224 valence electrons. The quantitative estimate of drug-likeness (QED) is 0.0481. The van der Waals surface area contributed by atoms with Crippen molar-refractivity contribution in [2.45, 2.75) is 24.9 Å². The molecule has 0 aromatic carbocycles. The van der Waals surface area contributed by atoms with E-state index in [1.165, 1.54) is 0 Å². The first-order valence-corrected chi connectivity index (χ1v) is 16.2. The van der Waals surface area contributed by atoms with Crippen LogP contribution in [-0.2, 0) is 45.5 Å². The number of carbonyl (C=O) groups excluding carboxylic acids is 1. The summed E-state index contributed by atoms with van der Waals surface area (Å²) in [6, 6.07) is 1.10. The van der Waals surface area contributed by atoms with E-state index in [0.717, 1.165) is 0 Å². The summed E-state index contributed by atoms with van der Waals surface area (Å²) in [7, 11) is 3.86. The summed E-state index contributed by atoms with van der Waals surface area (Å²) in [5, 5.41) is 3.37. The van der Waals surface area contributed by atoms with Crippen molar-refractivity contribution in [1.82, 2.24) is 4.90 Å². The molecule has 0 radical (unpaired) electrons. The number of hydrogen-bond acceptors (Lipinski definition) is 12. The van der Waals surface area contributed by atoms with Crippen molar-refractivity contribution in [3.8, 4) is 0 Å². The van der Waals surface area contributed by atoms with Crippen LogP contribution in [0.1, 0.15) is 12.8 Å². The van der Waals surface area contributed by atoms with Crippen LogP contribution >= 0.6 is 0 Å². The van der Waals surface area contributed by atoms with Crippen molar-refractivity contribution in [2.75, 3.05) is 109 Å². The van der Waals surface area contributed by atoms with Gasteiger partial charge in [-0.3, -0.25) is 0 Å². The van der Waals surface area contributed by atoms with Gasteiger partial charge in [0.05, 0.1) is 39.6 Å². The molecule has 0 aliphatic heterocycles. The summed E-state index contributed by atoms with van der Waals surface area (Å²) in [5.74, 6) is 0. The molecule has 0 aromatic rings. The molecule has 0 rings (SSSR count). The van der Waals surface area contributed by atoms with Crippen LogP contribution < -0.4 is 0 Å². The fourth-order valence-electron chi connectivity index (χ4n) is 3.35. The number of amides is 1. The predicted molar refractivity (Wildman–Crippen MR) is 142 cm³/mol. The molecule has 1 amide bonds. The fourth-order valence-corrected chi connectivity index (χ4v) is 6.76. The Kier molecular flexibility index (Phi) is 22.7. The molecule has 0 saturated carbocycles. The fraction of sp³-hybridized carbons (Fsp3) is 0.952. The van der Waals surface area contributed by atoms with E-state index in [4.69, 9.17) is 51.0 Å². The molecule has 0 saturated heterocycles. The van der Waals surface area contributed by atoms with Crippen LogP contribution in [0, 0.1) is 0 Å². The van der Waals surface area contributed by atoms with Gasteiger partial charge in [-0.25, -0.2) is 4.79 Å². The van der Waals surface area contributed by atoms with Crippen LogP contribution in [0.4, 0.5) is 4.79 Å². The zero-order valence-corrected chi connectivity index (χ0v) is 25.7. The van der Waals surface area contributed by atoms with Crippen LogP contribution in [0.15, 0.2) is 5.11 Å². The van der Waals surface area contributed by atoms with Crippen molar-refractivity contribution >= 4 is 23.7 Å². The normalized spacial score (nSPS) is 11.8. The Hall–Kier alpha value is -1.35. The topological polar surface area (TPSA) is 161 Å². The van der Waals surface area contributed by atoms with Crippen molar-refractivity contribution in [3.05, 3.63) is 10.4 Å². The Balaban J connectivity index is 4.47. The zero-order valence-electron chi connectivity index (χ0n) is 23.7. The number of carbonyl (C=O) groups is 1. The molecule has 0 heterocycles. The predicted octanol–water partition coefficient (Wildman–Crippen LogP) is 2.32. The molecule has 0 unspecified atom stereocenters. The molecule has 0 aromatic heterocycles. The third-order valence-electron chi connectivity index (χ3n) is 5.54. The van der Waals surface area contributed by atoms with Gasteiger partial charge in [0.25, 0.3) is 0 Å². The first-order valence-electron chi connectivity index (χ1n) is 12.4. The van der Waals surface area contributed by atoms with Gasteiger partial charge in [0, 0.05) is 79.3 Å². The van der Waals surface area contributed by atoms with Crippen LogP contribution in [0.5, 0.6) is 0 Å². The Bertz CT molecular complexity index is 598. The number of nitrogens with zero attached hydrogens (tertiary/aromatic N) is 4. The highest BCUT2D eigenvalue weighted by Crippen LogP contribution is 2.18. The molecule has 0 atom stereocenters. The zero-order chi connectivity index (χ0) is 28.5. The average Bonchev–Trinajstić information content (AvgIpc) is 2.95. The van der Waals surface area contributed by atoms with Crippen molar-refractivity contribution in [2.24, 2.45) is 5.11 Å². The summed E-state index contributed by atoms with van der Waals surface area (Å²) in [5.41, 5.74) is 8.17. The van der Waals surface area contributed by atoms with Gasteiger partial charge >= 0.3 is 23.7 Å². The molecular formula is C21H46N4O11Si2. The van der Waals surface area contributed by atoms with Gasteiger partial charge in [0.2, 0.25) is 0 Å². The van der Waals surface area contributed by atoms with E-state index in [1.807, 2.05) is 0 Å². The van der Waals surface area contributed by atoms with Crippen molar-refractivity contribution in [1.29, 1.82) is 0 Å². The van der Waals surface area contributed by atoms with Gasteiger partial charge < -0.3 is 50.4 Å². The molecule has 0 aliphatic rings. The lowest BCUT2D eigenvalue weighted by atomic mass is 10.4. The minimum absolute atomic E-state index is 0.109. The summed E-state index contributed by atoms with van der Waals surface area (Å²) in [6.07, 6.45) is 0.782. The molecule has 15 nitrogen and oxygen atoms in total.